The molecule has 1 aliphatic rings. The number of benzene rings is 2. The topological polar surface area (TPSA) is 72.3 Å². The first kappa shape index (κ1) is 21.6. The molecule has 0 aliphatic carbocycles. The fourth-order valence-electron chi connectivity index (χ4n) is 3.66. The summed E-state index contributed by atoms with van der Waals surface area (Å²) >= 11 is 0. The van der Waals surface area contributed by atoms with Crippen LogP contribution in [0.2, 0.25) is 0 Å². The number of hydrogen-bond donors (Lipinski definition) is 2. The molecule has 3 rings (SSSR count). The van der Waals surface area contributed by atoms with E-state index in [9.17, 15) is 9.59 Å². The fourth-order valence-corrected chi connectivity index (χ4v) is 3.66. The first-order valence-electron chi connectivity index (χ1n) is 10.4. The smallest absolute Gasteiger partial charge is 0.337 e. The monoisotopic (exact) mass is 412 g/mol. The molecular weight excluding hydrogens is 382 g/mol. The summed E-state index contributed by atoms with van der Waals surface area (Å²) in [6, 6.07) is 12.4. The third-order valence-electron chi connectivity index (χ3n) is 5.38. The molecule has 1 fully saturated rings. The summed E-state index contributed by atoms with van der Waals surface area (Å²) in [4.78, 5) is 28.8. The van der Waals surface area contributed by atoms with Crippen molar-refractivity contribution in [1.82, 2.24) is 0 Å². The highest BCUT2D eigenvalue weighted by Gasteiger charge is 2.23. The molecule has 2 aromatic rings. The van der Waals surface area contributed by atoms with Crippen LogP contribution in [0.3, 0.4) is 0 Å². The predicted molar refractivity (Wildman–Crippen MR) is 117 cm³/mol. The molecule has 0 saturated carbocycles. The number of nitrogens with zero attached hydrogens (tertiary/aromatic N) is 1. The minimum Gasteiger partial charge on any atom is -0.494 e. The Hall–Kier alpha value is -3.06. The van der Waals surface area contributed by atoms with E-state index >= 15 is 0 Å². The van der Waals surface area contributed by atoms with Crippen molar-refractivity contribution in [2.24, 2.45) is 0 Å². The number of esters is 1. The molecule has 30 heavy (non-hydrogen) atoms. The molecular formula is C23H30N3O4+. The number of hydrogen-bond acceptors (Lipinski definition) is 5. The number of methoxy groups -OCH3 is 1. The van der Waals surface area contributed by atoms with Crippen molar-refractivity contribution in [2.45, 2.75) is 13.8 Å². The van der Waals surface area contributed by atoms with E-state index in [0.717, 1.165) is 38.4 Å². The molecule has 7 heteroatoms. The Morgan fingerprint density at radius 2 is 1.83 bits per heavy atom. The molecule has 0 bridgehead atoms. The van der Waals surface area contributed by atoms with Gasteiger partial charge in [0.2, 0.25) is 0 Å². The maximum Gasteiger partial charge on any atom is 0.337 e. The summed E-state index contributed by atoms with van der Waals surface area (Å²) in [5.74, 6) is -0.0411. The van der Waals surface area contributed by atoms with Crippen LogP contribution >= 0.6 is 0 Å². The average Bonchev–Trinajstić information content (AvgIpc) is 2.79. The molecule has 7 nitrogen and oxygen atoms in total. The molecule has 2 N–H and O–H groups in total. The Balaban J connectivity index is 1.87. The van der Waals surface area contributed by atoms with Gasteiger partial charge in [-0.3, -0.25) is 4.79 Å². The van der Waals surface area contributed by atoms with Crippen molar-refractivity contribution < 1.29 is 24.0 Å². The third-order valence-corrected chi connectivity index (χ3v) is 5.38. The maximum atomic E-state index is 12.9. The maximum absolute atomic E-state index is 12.9. The number of amides is 1. The summed E-state index contributed by atoms with van der Waals surface area (Å²) in [7, 11) is 1.35. The molecule has 0 aromatic heterocycles. The lowest BCUT2D eigenvalue weighted by molar-refractivity contribution is -0.898. The van der Waals surface area contributed by atoms with Gasteiger partial charge in [-0.2, -0.15) is 0 Å². The van der Waals surface area contributed by atoms with Crippen LogP contribution in [-0.2, 0) is 4.74 Å². The van der Waals surface area contributed by atoms with Gasteiger partial charge in [0, 0.05) is 5.56 Å². The fraction of sp³-hybridized carbons (Fsp3) is 0.391. The number of carbonyl (C=O) groups excluding carboxylic acids is 2. The lowest BCUT2D eigenvalue weighted by Crippen LogP contribution is -3.14. The van der Waals surface area contributed by atoms with E-state index in [1.807, 2.05) is 19.1 Å². The molecule has 0 unspecified atom stereocenters. The van der Waals surface area contributed by atoms with Crippen LogP contribution in [0.5, 0.6) is 5.75 Å². The van der Waals surface area contributed by atoms with Gasteiger partial charge in [-0.1, -0.05) is 6.07 Å². The molecule has 0 spiro atoms. The number of rotatable bonds is 7. The van der Waals surface area contributed by atoms with Gasteiger partial charge in [-0.15, -0.1) is 0 Å². The zero-order valence-electron chi connectivity index (χ0n) is 17.9. The third kappa shape index (κ3) is 5.10. The standard InChI is InChI=1S/C23H29N3O4/c1-4-25-11-13-26(14-12-25)21-10-9-18(23(28)29-3)16-20(21)24-22(27)17-7-6-8-19(15-17)30-5-2/h6-10,15-16H,4-5,11-14H2,1-3H3,(H,24,27)/p+1. The van der Waals surface area contributed by atoms with Crippen LogP contribution in [0.1, 0.15) is 34.6 Å². The molecule has 1 amide bonds. The molecule has 0 atom stereocenters. The number of ether oxygens (including phenoxy) is 2. The molecule has 2 aromatic carbocycles. The lowest BCUT2D eigenvalue weighted by atomic mass is 10.1. The van der Waals surface area contributed by atoms with E-state index in [4.69, 9.17) is 9.47 Å². The van der Waals surface area contributed by atoms with Crippen LogP contribution in [0, 0.1) is 0 Å². The number of quaternary nitrogens is 1. The van der Waals surface area contributed by atoms with Gasteiger partial charge in [0.25, 0.3) is 5.91 Å². The summed E-state index contributed by atoms with van der Waals surface area (Å²) in [6.45, 7) is 9.59. The number of piperazine rings is 1. The minimum absolute atomic E-state index is 0.252. The second-order valence-corrected chi connectivity index (χ2v) is 7.23. The van der Waals surface area contributed by atoms with Crippen LogP contribution in [-0.4, -0.2) is 58.3 Å². The van der Waals surface area contributed by atoms with Crippen molar-refractivity contribution in [3.8, 4) is 5.75 Å². The van der Waals surface area contributed by atoms with Gasteiger partial charge in [0.15, 0.2) is 0 Å². The van der Waals surface area contributed by atoms with E-state index in [1.54, 1.807) is 35.2 Å². The van der Waals surface area contributed by atoms with Crippen molar-refractivity contribution in [3.63, 3.8) is 0 Å². The first-order valence-corrected chi connectivity index (χ1v) is 10.4. The van der Waals surface area contributed by atoms with Crippen molar-refractivity contribution in [3.05, 3.63) is 53.6 Å². The van der Waals surface area contributed by atoms with Crippen molar-refractivity contribution in [1.29, 1.82) is 0 Å². The quantitative estimate of drug-likeness (QED) is 0.679. The lowest BCUT2D eigenvalue weighted by Gasteiger charge is -2.34. The van der Waals surface area contributed by atoms with Crippen LogP contribution in [0.15, 0.2) is 42.5 Å². The Morgan fingerprint density at radius 1 is 1.07 bits per heavy atom. The van der Waals surface area contributed by atoms with Gasteiger partial charge < -0.3 is 24.6 Å². The number of anilines is 2. The van der Waals surface area contributed by atoms with Crippen molar-refractivity contribution >= 4 is 23.3 Å². The van der Waals surface area contributed by atoms with Gasteiger partial charge >= 0.3 is 5.97 Å². The van der Waals surface area contributed by atoms with E-state index in [2.05, 4.69) is 17.1 Å². The highest BCUT2D eigenvalue weighted by Crippen LogP contribution is 2.28. The normalized spacial score (nSPS) is 14.3. The second-order valence-electron chi connectivity index (χ2n) is 7.23. The van der Waals surface area contributed by atoms with Gasteiger partial charge in [-0.25, -0.2) is 4.79 Å². The Morgan fingerprint density at radius 3 is 2.50 bits per heavy atom. The van der Waals surface area contributed by atoms with Crippen molar-refractivity contribution in [2.75, 3.05) is 56.7 Å². The SMILES string of the molecule is CCOc1cccc(C(=O)Nc2cc(C(=O)OC)ccc2N2CC[NH+](CC)CC2)c1. The molecule has 1 aliphatic heterocycles. The van der Waals surface area contributed by atoms with Gasteiger partial charge in [0.05, 0.1) is 63.4 Å². The number of likely N-dealkylation sites (N-methyl/N-ethyl adjacent to an activating group) is 1. The Bertz CT molecular complexity index is 892. The highest BCUT2D eigenvalue weighted by molar-refractivity contribution is 6.07. The minimum atomic E-state index is -0.435. The molecule has 160 valence electrons. The van der Waals surface area contributed by atoms with E-state index in [-0.39, 0.29) is 5.91 Å². The average molecular weight is 413 g/mol. The zero-order chi connectivity index (χ0) is 21.5. The Kier molecular flexibility index (Phi) is 7.30. The number of nitrogens with one attached hydrogen (secondary N) is 2. The zero-order valence-corrected chi connectivity index (χ0v) is 17.9. The second kappa shape index (κ2) is 10.1. The van der Waals surface area contributed by atoms with Gasteiger partial charge in [0.1, 0.15) is 5.75 Å². The van der Waals surface area contributed by atoms with E-state index < -0.39 is 5.97 Å². The van der Waals surface area contributed by atoms with Crippen LogP contribution in [0.4, 0.5) is 11.4 Å². The first-order chi connectivity index (χ1) is 14.5. The summed E-state index contributed by atoms with van der Waals surface area (Å²) in [5, 5.41) is 2.99. The summed E-state index contributed by atoms with van der Waals surface area (Å²) in [6.07, 6.45) is 0. The summed E-state index contributed by atoms with van der Waals surface area (Å²) in [5.41, 5.74) is 2.41. The molecule has 1 saturated heterocycles. The van der Waals surface area contributed by atoms with E-state index in [0.29, 0.717) is 29.2 Å². The number of carbonyl (C=O) groups is 2. The molecule has 1 heterocycles. The van der Waals surface area contributed by atoms with Crippen LogP contribution in [0.25, 0.3) is 0 Å². The predicted octanol–water partition coefficient (Wildman–Crippen LogP) is 1.85. The largest absolute Gasteiger partial charge is 0.494 e. The van der Waals surface area contributed by atoms with Crippen LogP contribution < -0.4 is 19.9 Å². The summed E-state index contributed by atoms with van der Waals surface area (Å²) < 4.78 is 10.4. The highest BCUT2D eigenvalue weighted by atomic mass is 16.5. The van der Waals surface area contributed by atoms with E-state index in [1.165, 1.54) is 7.11 Å². The molecule has 0 radical (unpaired) electrons. The Labute approximate surface area is 177 Å². The van der Waals surface area contributed by atoms with Gasteiger partial charge in [-0.05, 0) is 50.2 Å².